The van der Waals surface area contributed by atoms with Crippen molar-refractivity contribution in [2.45, 2.75) is 51.1 Å². The van der Waals surface area contributed by atoms with Gasteiger partial charge in [-0.3, -0.25) is 0 Å². The summed E-state index contributed by atoms with van der Waals surface area (Å²) in [6, 6.07) is 11.2. The summed E-state index contributed by atoms with van der Waals surface area (Å²) >= 11 is 0. The molecule has 2 aliphatic carbocycles. The molecule has 2 nitrogen and oxygen atoms in total. The SMILES string of the molecule is CCC(C(N)c1ccccc1)N(C)CC1CC2CCC1C2. The van der Waals surface area contributed by atoms with E-state index in [1.165, 1.54) is 37.8 Å². The fourth-order valence-corrected chi connectivity index (χ4v) is 4.84. The first-order valence-corrected chi connectivity index (χ1v) is 8.69. The van der Waals surface area contributed by atoms with Crippen molar-refractivity contribution in [3.63, 3.8) is 0 Å². The fourth-order valence-electron chi connectivity index (χ4n) is 4.84. The van der Waals surface area contributed by atoms with Gasteiger partial charge in [0.1, 0.15) is 0 Å². The van der Waals surface area contributed by atoms with Gasteiger partial charge in [0.25, 0.3) is 0 Å². The van der Waals surface area contributed by atoms with Gasteiger partial charge in [0.05, 0.1) is 0 Å². The summed E-state index contributed by atoms with van der Waals surface area (Å²) in [6.07, 6.45) is 7.05. The molecular weight excluding hydrogens is 256 g/mol. The van der Waals surface area contributed by atoms with Crippen molar-refractivity contribution in [2.75, 3.05) is 13.6 Å². The van der Waals surface area contributed by atoms with Gasteiger partial charge in [0.2, 0.25) is 0 Å². The highest BCUT2D eigenvalue weighted by molar-refractivity contribution is 5.20. The van der Waals surface area contributed by atoms with Gasteiger partial charge in [0, 0.05) is 18.6 Å². The molecule has 0 heterocycles. The molecule has 2 aliphatic rings. The molecule has 116 valence electrons. The van der Waals surface area contributed by atoms with Gasteiger partial charge >= 0.3 is 0 Å². The largest absolute Gasteiger partial charge is 0.323 e. The lowest BCUT2D eigenvalue weighted by Crippen LogP contribution is -2.43. The van der Waals surface area contributed by atoms with Gasteiger partial charge in [-0.05, 0) is 56.0 Å². The first-order valence-electron chi connectivity index (χ1n) is 8.69. The number of nitrogens with zero attached hydrogens (tertiary/aromatic N) is 1. The molecule has 1 aromatic rings. The predicted octanol–water partition coefficient (Wildman–Crippen LogP) is 3.83. The van der Waals surface area contributed by atoms with E-state index in [9.17, 15) is 0 Å². The van der Waals surface area contributed by atoms with Crippen LogP contribution in [0.2, 0.25) is 0 Å². The van der Waals surface area contributed by atoms with Crippen molar-refractivity contribution in [1.29, 1.82) is 0 Å². The second-order valence-corrected chi connectivity index (χ2v) is 7.29. The van der Waals surface area contributed by atoms with E-state index < -0.39 is 0 Å². The van der Waals surface area contributed by atoms with Crippen LogP contribution in [0.1, 0.15) is 50.6 Å². The molecule has 2 saturated carbocycles. The quantitative estimate of drug-likeness (QED) is 0.861. The Bertz CT molecular complexity index is 444. The van der Waals surface area contributed by atoms with Gasteiger partial charge in [0.15, 0.2) is 0 Å². The molecule has 2 bridgehead atoms. The van der Waals surface area contributed by atoms with Gasteiger partial charge < -0.3 is 10.6 Å². The molecule has 2 fully saturated rings. The number of hydrogen-bond acceptors (Lipinski definition) is 2. The number of fused-ring (bicyclic) bond motifs is 2. The zero-order valence-corrected chi connectivity index (χ0v) is 13.5. The minimum absolute atomic E-state index is 0.125. The lowest BCUT2D eigenvalue weighted by Gasteiger charge is -2.36. The molecule has 0 aliphatic heterocycles. The summed E-state index contributed by atoms with van der Waals surface area (Å²) in [4.78, 5) is 2.54. The van der Waals surface area contributed by atoms with E-state index in [0.29, 0.717) is 6.04 Å². The van der Waals surface area contributed by atoms with Crippen LogP contribution in [0, 0.1) is 17.8 Å². The molecule has 1 aromatic carbocycles. The van der Waals surface area contributed by atoms with Crippen molar-refractivity contribution < 1.29 is 0 Å². The van der Waals surface area contributed by atoms with Gasteiger partial charge in [-0.15, -0.1) is 0 Å². The van der Waals surface area contributed by atoms with Crippen LogP contribution in [-0.2, 0) is 0 Å². The van der Waals surface area contributed by atoms with E-state index in [4.69, 9.17) is 5.73 Å². The number of benzene rings is 1. The predicted molar refractivity (Wildman–Crippen MR) is 89.0 cm³/mol. The maximum atomic E-state index is 6.56. The zero-order chi connectivity index (χ0) is 14.8. The summed E-state index contributed by atoms with van der Waals surface area (Å²) in [5.74, 6) is 2.96. The van der Waals surface area contributed by atoms with Crippen molar-refractivity contribution in [3.05, 3.63) is 35.9 Å². The van der Waals surface area contributed by atoms with E-state index in [-0.39, 0.29) is 6.04 Å². The van der Waals surface area contributed by atoms with E-state index in [1.54, 1.807) is 0 Å². The molecule has 21 heavy (non-hydrogen) atoms. The lowest BCUT2D eigenvalue weighted by molar-refractivity contribution is 0.151. The van der Waals surface area contributed by atoms with Crippen molar-refractivity contribution in [1.82, 2.24) is 4.90 Å². The van der Waals surface area contributed by atoms with Crippen LogP contribution in [-0.4, -0.2) is 24.5 Å². The third-order valence-electron chi connectivity index (χ3n) is 5.99. The molecule has 0 spiro atoms. The van der Waals surface area contributed by atoms with Crippen LogP contribution in [0.5, 0.6) is 0 Å². The van der Waals surface area contributed by atoms with Crippen LogP contribution in [0.25, 0.3) is 0 Å². The standard InChI is InChI=1S/C19H30N2/c1-3-18(19(20)15-7-5-4-6-8-15)21(2)13-17-12-14-9-10-16(17)11-14/h4-8,14,16-19H,3,9-13,20H2,1-2H3. The van der Waals surface area contributed by atoms with Crippen LogP contribution in [0.3, 0.4) is 0 Å². The molecule has 0 aromatic heterocycles. The van der Waals surface area contributed by atoms with E-state index in [2.05, 4.69) is 49.2 Å². The summed E-state index contributed by atoms with van der Waals surface area (Å²) in [7, 11) is 2.28. The molecule has 0 amide bonds. The zero-order valence-electron chi connectivity index (χ0n) is 13.5. The Balaban J connectivity index is 1.62. The molecule has 5 atom stereocenters. The minimum Gasteiger partial charge on any atom is -0.323 e. The van der Waals surface area contributed by atoms with Crippen LogP contribution >= 0.6 is 0 Å². The average Bonchev–Trinajstić information content (AvgIpc) is 3.11. The highest BCUT2D eigenvalue weighted by atomic mass is 15.1. The number of rotatable bonds is 6. The Morgan fingerprint density at radius 3 is 2.52 bits per heavy atom. The normalized spacial score (nSPS) is 30.8. The Morgan fingerprint density at radius 1 is 1.19 bits per heavy atom. The van der Waals surface area contributed by atoms with Gasteiger partial charge in [-0.25, -0.2) is 0 Å². The fraction of sp³-hybridized carbons (Fsp3) is 0.684. The first-order chi connectivity index (χ1) is 10.2. The third kappa shape index (κ3) is 3.17. The van der Waals surface area contributed by atoms with Gasteiger partial charge in [-0.2, -0.15) is 0 Å². The Kier molecular flexibility index (Phi) is 4.66. The molecule has 0 radical (unpaired) electrons. The minimum atomic E-state index is 0.125. The number of nitrogens with two attached hydrogens (primary N) is 1. The maximum Gasteiger partial charge on any atom is 0.0452 e. The Hall–Kier alpha value is -0.860. The van der Waals surface area contributed by atoms with E-state index in [0.717, 1.165) is 24.2 Å². The molecule has 3 rings (SSSR count). The summed E-state index contributed by atoms with van der Waals surface area (Å²) in [6.45, 7) is 3.50. The van der Waals surface area contributed by atoms with Crippen molar-refractivity contribution in [2.24, 2.45) is 23.5 Å². The van der Waals surface area contributed by atoms with Crippen molar-refractivity contribution >= 4 is 0 Å². The van der Waals surface area contributed by atoms with Crippen LogP contribution in [0.4, 0.5) is 0 Å². The maximum absolute atomic E-state index is 6.56. The first kappa shape index (κ1) is 15.1. The average molecular weight is 286 g/mol. The second kappa shape index (κ2) is 6.50. The summed E-state index contributed by atoms with van der Waals surface area (Å²) in [5.41, 5.74) is 7.83. The summed E-state index contributed by atoms with van der Waals surface area (Å²) < 4.78 is 0. The van der Waals surface area contributed by atoms with Crippen LogP contribution in [0.15, 0.2) is 30.3 Å². The lowest BCUT2D eigenvalue weighted by atomic mass is 9.87. The van der Waals surface area contributed by atoms with Crippen LogP contribution < -0.4 is 5.73 Å². The Morgan fingerprint density at radius 2 is 1.95 bits per heavy atom. The third-order valence-corrected chi connectivity index (χ3v) is 5.99. The number of likely N-dealkylation sites (N-methyl/N-ethyl adjacent to an activating group) is 1. The highest BCUT2D eigenvalue weighted by Gasteiger charge is 2.40. The van der Waals surface area contributed by atoms with Gasteiger partial charge in [-0.1, -0.05) is 43.7 Å². The van der Waals surface area contributed by atoms with E-state index >= 15 is 0 Å². The van der Waals surface area contributed by atoms with E-state index in [1.807, 2.05) is 0 Å². The smallest absolute Gasteiger partial charge is 0.0452 e. The molecule has 2 N–H and O–H groups in total. The van der Waals surface area contributed by atoms with Crippen molar-refractivity contribution in [3.8, 4) is 0 Å². The topological polar surface area (TPSA) is 29.3 Å². The molecule has 0 saturated heterocycles. The molecule has 2 heteroatoms. The second-order valence-electron chi connectivity index (χ2n) is 7.29. The molecule has 5 unspecified atom stereocenters. The summed E-state index contributed by atoms with van der Waals surface area (Å²) in [5, 5.41) is 0. The monoisotopic (exact) mass is 286 g/mol. The molecular formula is C19H30N2. The highest BCUT2D eigenvalue weighted by Crippen LogP contribution is 2.48. The number of hydrogen-bond donors (Lipinski definition) is 1. The Labute approximate surface area is 129 Å².